The van der Waals surface area contributed by atoms with E-state index in [1.54, 1.807) is 0 Å². The molecule has 0 fully saturated rings. The first kappa shape index (κ1) is 33.6. The third kappa shape index (κ3) is 42.9. The molecule has 29 heavy (non-hydrogen) atoms. The van der Waals surface area contributed by atoms with Crippen molar-refractivity contribution in [1.29, 1.82) is 0 Å². The van der Waals surface area contributed by atoms with E-state index in [-0.39, 0.29) is 0 Å². The summed E-state index contributed by atoms with van der Waals surface area (Å²) in [5.41, 5.74) is 0. The maximum atomic E-state index is 5.54. The van der Waals surface area contributed by atoms with Gasteiger partial charge in [-0.15, -0.1) is 0 Å². The molecule has 0 heterocycles. The molecule has 0 aromatic rings. The first-order chi connectivity index (χ1) is 14.3. The predicted molar refractivity (Wildman–Crippen MR) is 136 cm³/mol. The number of unbranched alkanes of at least 4 members (excludes halogenated alkanes) is 15. The highest BCUT2D eigenvalue weighted by Gasteiger charge is 1.94. The van der Waals surface area contributed by atoms with E-state index in [4.69, 9.17) is 4.74 Å². The van der Waals surface area contributed by atoms with Gasteiger partial charge in [0.05, 0.1) is 6.73 Å². The van der Waals surface area contributed by atoms with E-state index in [1.165, 1.54) is 116 Å². The van der Waals surface area contributed by atoms with Crippen LogP contribution in [0.4, 0.5) is 0 Å². The molecular formula is C27H61NO. The molecule has 0 aliphatic heterocycles. The van der Waals surface area contributed by atoms with Crippen LogP contribution in [0.1, 0.15) is 157 Å². The zero-order valence-electron chi connectivity index (χ0n) is 21.8. The predicted octanol–water partition coefficient (Wildman–Crippen LogP) is 9.66. The molecule has 180 valence electrons. The fourth-order valence-electron chi connectivity index (χ4n) is 3.12. The van der Waals surface area contributed by atoms with Crippen molar-refractivity contribution in [3.8, 4) is 0 Å². The average Bonchev–Trinajstić information content (AvgIpc) is 2.74. The summed E-state index contributed by atoms with van der Waals surface area (Å²) in [6.45, 7) is 15.5. The van der Waals surface area contributed by atoms with E-state index in [0.717, 1.165) is 19.9 Å². The van der Waals surface area contributed by atoms with Crippen LogP contribution < -0.4 is 5.32 Å². The Morgan fingerprint density at radius 1 is 0.483 bits per heavy atom. The largest absolute Gasteiger partial charge is 0.366 e. The molecule has 0 unspecified atom stereocenters. The molecule has 0 aromatic heterocycles. The summed E-state index contributed by atoms with van der Waals surface area (Å²) in [5.74, 6) is 0. The molecule has 0 bridgehead atoms. The Kier molecular flexibility index (Phi) is 44.6. The number of hydrogen-bond acceptors (Lipinski definition) is 2. The molecule has 0 radical (unpaired) electrons. The number of ether oxygens (including phenoxy) is 1. The highest BCUT2D eigenvalue weighted by molar-refractivity contribution is 4.50. The Hall–Kier alpha value is -0.0800. The number of nitrogens with one attached hydrogen (secondary N) is 1. The summed E-state index contributed by atoms with van der Waals surface area (Å²) in [7, 11) is 0. The van der Waals surface area contributed by atoms with Crippen LogP contribution in [0.3, 0.4) is 0 Å². The lowest BCUT2D eigenvalue weighted by Crippen LogP contribution is -2.19. The monoisotopic (exact) mass is 415 g/mol. The van der Waals surface area contributed by atoms with Crippen molar-refractivity contribution >= 4 is 0 Å². The minimum Gasteiger partial charge on any atom is -0.366 e. The van der Waals surface area contributed by atoms with Crippen molar-refractivity contribution in [2.24, 2.45) is 0 Å². The Labute approximate surface area is 187 Å². The maximum absolute atomic E-state index is 5.54. The summed E-state index contributed by atoms with van der Waals surface area (Å²) < 4.78 is 5.54. The van der Waals surface area contributed by atoms with Crippen LogP contribution in [-0.2, 0) is 4.74 Å². The van der Waals surface area contributed by atoms with Crippen molar-refractivity contribution in [3.05, 3.63) is 0 Å². The summed E-state index contributed by atoms with van der Waals surface area (Å²) >= 11 is 0. The first-order valence-corrected chi connectivity index (χ1v) is 13.6. The van der Waals surface area contributed by atoms with Crippen molar-refractivity contribution in [2.75, 3.05) is 19.9 Å². The van der Waals surface area contributed by atoms with Gasteiger partial charge in [0.25, 0.3) is 0 Å². The fraction of sp³-hybridized carbons (Fsp3) is 1.00. The molecule has 1 N–H and O–H groups in total. The van der Waals surface area contributed by atoms with Gasteiger partial charge in [-0.1, -0.05) is 144 Å². The topological polar surface area (TPSA) is 21.3 Å². The molecule has 0 saturated heterocycles. The normalized spacial score (nSPS) is 10.1. The summed E-state index contributed by atoms with van der Waals surface area (Å²) in [5, 5.41) is 3.38. The van der Waals surface area contributed by atoms with Gasteiger partial charge in [0, 0.05) is 6.61 Å². The Bertz CT molecular complexity index is 199. The molecule has 0 atom stereocenters. The van der Waals surface area contributed by atoms with Gasteiger partial charge in [-0.3, -0.25) is 5.32 Å². The second-order valence-corrected chi connectivity index (χ2v) is 8.06. The van der Waals surface area contributed by atoms with Crippen LogP contribution in [0.5, 0.6) is 0 Å². The van der Waals surface area contributed by atoms with Gasteiger partial charge >= 0.3 is 0 Å². The van der Waals surface area contributed by atoms with Crippen LogP contribution in [0, 0.1) is 0 Å². The summed E-state index contributed by atoms with van der Waals surface area (Å²) in [6.07, 6.45) is 25.0. The van der Waals surface area contributed by atoms with Gasteiger partial charge in [0.1, 0.15) is 0 Å². The molecule has 0 aliphatic carbocycles. The van der Waals surface area contributed by atoms with E-state index in [9.17, 15) is 0 Å². The standard InChI is InChI=1S/C22H47NO.C3H8.C2H6/c1-3-5-7-8-9-10-11-12-13-14-15-16-17-18-20-23-22-24-21-19-6-4-2;1-3-2;1-2/h23H,3-22H2,1-2H3;3H2,1-2H3;1-2H3. The van der Waals surface area contributed by atoms with Crippen LogP contribution in [0.2, 0.25) is 0 Å². The van der Waals surface area contributed by atoms with Gasteiger partial charge < -0.3 is 4.74 Å². The molecule has 0 aliphatic rings. The molecule has 0 spiro atoms. The van der Waals surface area contributed by atoms with E-state index < -0.39 is 0 Å². The third-order valence-electron chi connectivity index (χ3n) is 4.80. The Morgan fingerprint density at radius 3 is 1.24 bits per heavy atom. The third-order valence-corrected chi connectivity index (χ3v) is 4.80. The number of rotatable bonds is 21. The van der Waals surface area contributed by atoms with Crippen molar-refractivity contribution in [2.45, 2.75) is 157 Å². The second-order valence-electron chi connectivity index (χ2n) is 8.06. The van der Waals surface area contributed by atoms with Crippen LogP contribution >= 0.6 is 0 Å². The van der Waals surface area contributed by atoms with Gasteiger partial charge in [0.2, 0.25) is 0 Å². The molecule has 2 heteroatoms. The molecule has 2 nitrogen and oxygen atoms in total. The highest BCUT2D eigenvalue weighted by atomic mass is 16.5. The van der Waals surface area contributed by atoms with Gasteiger partial charge in [-0.05, 0) is 19.4 Å². The smallest absolute Gasteiger partial charge is 0.0965 e. The molecule has 0 rings (SSSR count). The van der Waals surface area contributed by atoms with Gasteiger partial charge in [-0.2, -0.15) is 0 Å². The summed E-state index contributed by atoms with van der Waals surface area (Å²) in [4.78, 5) is 0. The van der Waals surface area contributed by atoms with Gasteiger partial charge in [-0.25, -0.2) is 0 Å². The van der Waals surface area contributed by atoms with Crippen molar-refractivity contribution in [3.63, 3.8) is 0 Å². The average molecular weight is 416 g/mol. The molecule has 0 aromatic carbocycles. The Balaban J connectivity index is -0.00000123. The van der Waals surface area contributed by atoms with Crippen LogP contribution in [-0.4, -0.2) is 19.9 Å². The number of hydrogen-bond donors (Lipinski definition) is 1. The van der Waals surface area contributed by atoms with Crippen molar-refractivity contribution in [1.82, 2.24) is 5.32 Å². The Morgan fingerprint density at radius 2 is 0.828 bits per heavy atom. The zero-order valence-corrected chi connectivity index (χ0v) is 21.8. The quantitative estimate of drug-likeness (QED) is 0.149. The minimum atomic E-state index is 0.738. The molecule has 0 saturated carbocycles. The highest BCUT2D eigenvalue weighted by Crippen LogP contribution is 2.12. The first-order valence-electron chi connectivity index (χ1n) is 13.6. The zero-order chi connectivity index (χ0) is 22.3. The summed E-state index contributed by atoms with van der Waals surface area (Å²) in [6, 6.07) is 0. The molecule has 0 amide bonds. The van der Waals surface area contributed by atoms with E-state index in [1.807, 2.05) is 13.8 Å². The minimum absolute atomic E-state index is 0.738. The lowest BCUT2D eigenvalue weighted by molar-refractivity contribution is 0.113. The van der Waals surface area contributed by atoms with E-state index in [0.29, 0.717) is 0 Å². The lowest BCUT2D eigenvalue weighted by Gasteiger charge is -2.06. The van der Waals surface area contributed by atoms with Crippen LogP contribution in [0.15, 0.2) is 0 Å². The maximum Gasteiger partial charge on any atom is 0.0965 e. The SMILES string of the molecule is CC.CCC.CCCCCCCCCCCCCCCCNCOCCCCC. The fourth-order valence-corrected chi connectivity index (χ4v) is 3.12. The second kappa shape index (κ2) is 38.5. The van der Waals surface area contributed by atoms with E-state index >= 15 is 0 Å². The van der Waals surface area contributed by atoms with E-state index in [2.05, 4.69) is 33.0 Å². The van der Waals surface area contributed by atoms with Crippen LogP contribution in [0.25, 0.3) is 0 Å². The lowest BCUT2D eigenvalue weighted by atomic mass is 10.0. The molecular weight excluding hydrogens is 354 g/mol. The van der Waals surface area contributed by atoms with Gasteiger partial charge in [0.15, 0.2) is 0 Å². The van der Waals surface area contributed by atoms with Crippen molar-refractivity contribution < 1.29 is 4.74 Å².